The molecule has 0 aliphatic rings. The van der Waals surface area contributed by atoms with Crippen molar-refractivity contribution in [2.24, 2.45) is 0 Å². The van der Waals surface area contributed by atoms with Gasteiger partial charge >= 0.3 is 5.97 Å². The van der Waals surface area contributed by atoms with Crippen molar-refractivity contribution in [1.29, 1.82) is 0 Å². The molecule has 0 fully saturated rings. The quantitative estimate of drug-likeness (QED) is 0.519. The minimum Gasteiger partial charge on any atom is -0.478 e. The highest BCUT2D eigenvalue weighted by Gasteiger charge is 2.16. The fraction of sp³-hybridized carbons (Fsp3) is 0.375. The first-order valence-corrected chi connectivity index (χ1v) is 10.4. The van der Waals surface area contributed by atoms with Crippen LogP contribution in [0.4, 0.5) is 0 Å². The lowest BCUT2D eigenvalue weighted by atomic mass is 9.99. The molecule has 0 radical (unpaired) electrons. The number of rotatable bonds is 9. The van der Waals surface area contributed by atoms with Crippen molar-refractivity contribution in [3.05, 3.63) is 71.3 Å². The van der Waals surface area contributed by atoms with Gasteiger partial charge in [-0.1, -0.05) is 69.7 Å². The number of aryl methyl sites for hydroxylation is 1. The predicted molar refractivity (Wildman–Crippen MR) is 115 cm³/mol. The summed E-state index contributed by atoms with van der Waals surface area (Å²) in [5.74, 6) is 1.41. The highest BCUT2D eigenvalue weighted by molar-refractivity contribution is 5.95. The van der Waals surface area contributed by atoms with Gasteiger partial charge in [-0.25, -0.2) is 14.5 Å². The molecular weight excluding hydrogens is 362 g/mol. The van der Waals surface area contributed by atoms with E-state index in [1.807, 2.05) is 41.1 Å². The van der Waals surface area contributed by atoms with Gasteiger partial charge in [0.1, 0.15) is 5.82 Å². The highest BCUT2D eigenvalue weighted by Crippen LogP contribution is 2.25. The summed E-state index contributed by atoms with van der Waals surface area (Å²) in [6.45, 7) is 7.20. The molecule has 5 heteroatoms. The van der Waals surface area contributed by atoms with Crippen LogP contribution in [0.15, 0.2) is 48.5 Å². The average Bonchev–Trinajstić information content (AvgIpc) is 3.14. The number of benzene rings is 2. The second-order valence-corrected chi connectivity index (χ2v) is 7.50. The lowest BCUT2D eigenvalue weighted by Crippen LogP contribution is -2.09. The van der Waals surface area contributed by atoms with E-state index in [4.69, 9.17) is 10.1 Å². The zero-order chi connectivity index (χ0) is 20.8. The summed E-state index contributed by atoms with van der Waals surface area (Å²) >= 11 is 0. The van der Waals surface area contributed by atoms with Gasteiger partial charge in [-0.2, -0.15) is 5.10 Å². The number of aromatic nitrogens is 3. The second-order valence-electron chi connectivity index (χ2n) is 7.50. The van der Waals surface area contributed by atoms with Crippen molar-refractivity contribution in [2.45, 2.75) is 58.9 Å². The van der Waals surface area contributed by atoms with Crippen LogP contribution in [-0.2, 0) is 13.0 Å². The van der Waals surface area contributed by atoms with E-state index in [0.717, 1.165) is 54.0 Å². The monoisotopic (exact) mass is 391 g/mol. The number of nitrogens with zero attached hydrogens (tertiary/aromatic N) is 3. The van der Waals surface area contributed by atoms with Gasteiger partial charge in [0, 0.05) is 12.3 Å². The van der Waals surface area contributed by atoms with E-state index in [0.29, 0.717) is 18.0 Å². The molecule has 5 nitrogen and oxygen atoms in total. The number of carboxylic acid groups (broad SMARTS) is 1. The summed E-state index contributed by atoms with van der Waals surface area (Å²) in [5.41, 5.74) is 3.07. The Hall–Kier alpha value is -2.95. The van der Waals surface area contributed by atoms with E-state index < -0.39 is 5.97 Å². The third-order valence-corrected chi connectivity index (χ3v) is 5.31. The van der Waals surface area contributed by atoms with Crippen LogP contribution in [0.25, 0.3) is 11.1 Å². The first-order valence-electron chi connectivity index (χ1n) is 10.4. The van der Waals surface area contributed by atoms with Gasteiger partial charge in [0.25, 0.3) is 0 Å². The Morgan fingerprint density at radius 3 is 2.48 bits per heavy atom. The number of unbranched alkanes of at least 4 members (excludes halogenated alkanes) is 1. The van der Waals surface area contributed by atoms with Crippen LogP contribution in [0.5, 0.6) is 0 Å². The Morgan fingerprint density at radius 2 is 1.83 bits per heavy atom. The maximum absolute atomic E-state index is 11.5. The van der Waals surface area contributed by atoms with E-state index in [1.165, 1.54) is 0 Å². The van der Waals surface area contributed by atoms with E-state index in [2.05, 4.69) is 20.8 Å². The normalized spacial score (nSPS) is 12.1. The van der Waals surface area contributed by atoms with Crippen LogP contribution >= 0.6 is 0 Å². The molecule has 3 aromatic rings. The summed E-state index contributed by atoms with van der Waals surface area (Å²) in [6.07, 6.45) is 4.17. The number of carboxylic acids is 1. The third-order valence-electron chi connectivity index (χ3n) is 5.31. The zero-order valence-corrected chi connectivity index (χ0v) is 17.4. The molecule has 0 spiro atoms. The van der Waals surface area contributed by atoms with Gasteiger partial charge in [0.05, 0.1) is 12.1 Å². The van der Waals surface area contributed by atoms with Gasteiger partial charge in [-0.15, -0.1) is 0 Å². The maximum Gasteiger partial charge on any atom is 0.336 e. The Balaban J connectivity index is 1.85. The number of aromatic carboxylic acids is 1. The molecule has 2 aromatic carbocycles. The molecule has 0 aliphatic carbocycles. The fourth-order valence-corrected chi connectivity index (χ4v) is 3.39. The average molecular weight is 392 g/mol. The molecule has 1 unspecified atom stereocenters. The van der Waals surface area contributed by atoms with Crippen LogP contribution in [0.2, 0.25) is 0 Å². The first-order chi connectivity index (χ1) is 14.0. The van der Waals surface area contributed by atoms with Crippen molar-refractivity contribution >= 4 is 5.97 Å². The number of carbonyl (C=O) groups is 1. The molecule has 1 N–H and O–H groups in total. The minimum atomic E-state index is -0.912. The lowest BCUT2D eigenvalue weighted by molar-refractivity contribution is 0.0697. The van der Waals surface area contributed by atoms with Crippen molar-refractivity contribution in [3.8, 4) is 11.1 Å². The Kier molecular flexibility index (Phi) is 6.81. The van der Waals surface area contributed by atoms with Crippen molar-refractivity contribution in [1.82, 2.24) is 14.8 Å². The van der Waals surface area contributed by atoms with Crippen molar-refractivity contribution in [3.63, 3.8) is 0 Å². The van der Waals surface area contributed by atoms with Crippen molar-refractivity contribution < 1.29 is 9.90 Å². The van der Waals surface area contributed by atoms with Gasteiger partial charge in [0.15, 0.2) is 5.82 Å². The SMILES string of the molecule is CCCCc1nc(C(C)CC)n(Cc2ccc(-c3ccccc3C(=O)O)cc2)n1. The third kappa shape index (κ3) is 4.91. The van der Waals surface area contributed by atoms with E-state index in [9.17, 15) is 9.90 Å². The molecule has 1 heterocycles. The molecule has 3 rings (SSSR count). The summed E-state index contributed by atoms with van der Waals surface area (Å²) < 4.78 is 2.03. The molecule has 1 aromatic heterocycles. The van der Waals surface area contributed by atoms with E-state index >= 15 is 0 Å². The summed E-state index contributed by atoms with van der Waals surface area (Å²) in [4.78, 5) is 16.3. The molecule has 1 atom stereocenters. The first kappa shape index (κ1) is 20.8. The second kappa shape index (κ2) is 9.50. The topological polar surface area (TPSA) is 68.0 Å². The van der Waals surface area contributed by atoms with E-state index in [1.54, 1.807) is 12.1 Å². The lowest BCUT2D eigenvalue weighted by Gasteiger charge is -2.11. The zero-order valence-electron chi connectivity index (χ0n) is 17.4. The van der Waals surface area contributed by atoms with E-state index in [-0.39, 0.29) is 0 Å². The maximum atomic E-state index is 11.5. The molecule has 0 bridgehead atoms. The van der Waals surface area contributed by atoms with Crippen LogP contribution < -0.4 is 0 Å². The van der Waals surface area contributed by atoms with Gasteiger partial charge < -0.3 is 5.11 Å². The molecule has 152 valence electrons. The van der Waals surface area contributed by atoms with Crippen LogP contribution in [0.3, 0.4) is 0 Å². The Morgan fingerprint density at radius 1 is 1.10 bits per heavy atom. The predicted octanol–water partition coefficient (Wildman–Crippen LogP) is 5.55. The van der Waals surface area contributed by atoms with Crippen LogP contribution in [0, 0.1) is 0 Å². The molecule has 0 amide bonds. The standard InChI is InChI=1S/C24H29N3O2/c1-4-6-11-22-25-23(17(3)5-2)27(26-22)16-18-12-14-19(15-13-18)20-9-7-8-10-21(20)24(28)29/h7-10,12-15,17H,4-6,11,16H2,1-3H3,(H,28,29). The van der Waals surface area contributed by atoms with Gasteiger partial charge in [0.2, 0.25) is 0 Å². The molecular formula is C24H29N3O2. The smallest absolute Gasteiger partial charge is 0.336 e. The Labute approximate surface area is 172 Å². The Bertz CT molecular complexity index is 961. The summed E-state index contributed by atoms with van der Waals surface area (Å²) in [5, 5.41) is 14.2. The molecule has 0 saturated carbocycles. The van der Waals surface area contributed by atoms with Gasteiger partial charge in [-0.05, 0) is 35.6 Å². The molecule has 0 saturated heterocycles. The van der Waals surface area contributed by atoms with Gasteiger partial charge in [-0.3, -0.25) is 0 Å². The largest absolute Gasteiger partial charge is 0.478 e. The summed E-state index contributed by atoms with van der Waals surface area (Å²) in [6, 6.07) is 15.1. The van der Waals surface area contributed by atoms with Crippen LogP contribution in [-0.4, -0.2) is 25.8 Å². The number of hydrogen-bond donors (Lipinski definition) is 1. The van der Waals surface area contributed by atoms with Crippen LogP contribution in [0.1, 0.15) is 73.5 Å². The minimum absolute atomic E-state index is 0.316. The summed E-state index contributed by atoms with van der Waals surface area (Å²) in [7, 11) is 0. The van der Waals surface area contributed by atoms with Crippen molar-refractivity contribution in [2.75, 3.05) is 0 Å². The molecule has 29 heavy (non-hydrogen) atoms. The number of hydrogen-bond acceptors (Lipinski definition) is 3. The fourth-order valence-electron chi connectivity index (χ4n) is 3.39. The highest BCUT2D eigenvalue weighted by atomic mass is 16.4. The molecule has 0 aliphatic heterocycles.